The Hall–Kier alpha value is -2.23. The van der Waals surface area contributed by atoms with E-state index in [-0.39, 0.29) is 0 Å². The average molecular weight is 417 g/mol. The molecule has 2 aliphatic rings. The van der Waals surface area contributed by atoms with Crippen LogP contribution in [0, 0.1) is 6.92 Å². The number of nitrogens with zero attached hydrogens (tertiary/aromatic N) is 6. The molecule has 2 saturated heterocycles. The summed E-state index contributed by atoms with van der Waals surface area (Å²) in [6.07, 6.45) is 1.61. The van der Waals surface area contributed by atoms with Crippen LogP contribution in [0.2, 0.25) is 0 Å². The van der Waals surface area contributed by atoms with Crippen LogP contribution < -0.4 is 9.80 Å². The second-order valence-corrected chi connectivity index (χ2v) is 9.67. The van der Waals surface area contributed by atoms with E-state index in [1.54, 1.807) is 22.8 Å². The lowest BCUT2D eigenvalue weighted by atomic mass is 10.2. The summed E-state index contributed by atoms with van der Waals surface area (Å²) in [5.41, 5.74) is 1.05. The molecule has 9 heteroatoms. The maximum Gasteiger partial charge on any atom is 0.243 e. The van der Waals surface area contributed by atoms with Crippen molar-refractivity contribution in [1.82, 2.24) is 19.2 Å². The number of hydrogen-bond acceptors (Lipinski definition) is 7. The quantitative estimate of drug-likeness (QED) is 0.738. The van der Waals surface area contributed by atoms with Crippen LogP contribution in [0.15, 0.2) is 41.6 Å². The smallest absolute Gasteiger partial charge is 0.243 e. The molecule has 0 aliphatic carbocycles. The molecule has 0 unspecified atom stereocenters. The first-order valence-corrected chi connectivity index (χ1v) is 11.4. The molecule has 2 fully saturated rings. The van der Waals surface area contributed by atoms with E-state index in [0.717, 1.165) is 43.4 Å². The van der Waals surface area contributed by atoms with Crippen LogP contribution in [0.5, 0.6) is 0 Å². The number of hydrogen-bond donors (Lipinski definition) is 0. The van der Waals surface area contributed by atoms with Crippen molar-refractivity contribution in [3.63, 3.8) is 0 Å². The molecule has 0 N–H and O–H groups in total. The number of sulfonamides is 1. The van der Waals surface area contributed by atoms with Crippen LogP contribution in [0.4, 0.5) is 11.6 Å². The van der Waals surface area contributed by atoms with Crippen LogP contribution in [-0.2, 0) is 10.0 Å². The molecule has 3 heterocycles. The number of likely N-dealkylation sites (N-methyl/N-ethyl adjacent to an activating group) is 1. The van der Waals surface area contributed by atoms with Crippen molar-refractivity contribution < 1.29 is 8.42 Å². The standard InChI is InChI=1S/C20H28N6O2S/c1-17-3-5-18(6-4-17)29(27,28)26-13-11-25(12-14-26)20-15-19(21-16-22-20)24-9-7-23(2)8-10-24/h3-6,15-16H,7-14H2,1-2H3. The monoisotopic (exact) mass is 416 g/mol. The number of rotatable bonds is 4. The highest BCUT2D eigenvalue weighted by molar-refractivity contribution is 7.89. The number of aryl methyl sites for hydroxylation is 1. The lowest BCUT2D eigenvalue weighted by molar-refractivity contribution is 0.312. The normalized spacial score (nSPS) is 19.5. The highest BCUT2D eigenvalue weighted by atomic mass is 32.2. The van der Waals surface area contributed by atoms with Crippen LogP contribution in [0.1, 0.15) is 5.56 Å². The van der Waals surface area contributed by atoms with Gasteiger partial charge in [0.15, 0.2) is 0 Å². The molecule has 0 spiro atoms. The Morgan fingerprint density at radius 1 is 0.793 bits per heavy atom. The van der Waals surface area contributed by atoms with Gasteiger partial charge in [-0.05, 0) is 26.1 Å². The first kappa shape index (κ1) is 20.1. The van der Waals surface area contributed by atoms with Gasteiger partial charge in [-0.15, -0.1) is 0 Å². The fourth-order valence-electron chi connectivity index (χ4n) is 3.74. The van der Waals surface area contributed by atoms with Gasteiger partial charge in [0, 0.05) is 58.4 Å². The lowest BCUT2D eigenvalue weighted by Crippen LogP contribution is -2.49. The minimum Gasteiger partial charge on any atom is -0.354 e. The fourth-order valence-corrected chi connectivity index (χ4v) is 5.16. The molecule has 0 amide bonds. The highest BCUT2D eigenvalue weighted by Crippen LogP contribution is 2.23. The average Bonchev–Trinajstić information content (AvgIpc) is 2.75. The van der Waals surface area contributed by atoms with Crippen molar-refractivity contribution in [3.8, 4) is 0 Å². The van der Waals surface area contributed by atoms with Gasteiger partial charge in [-0.25, -0.2) is 18.4 Å². The van der Waals surface area contributed by atoms with Crippen LogP contribution >= 0.6 is 0 Å². The second-order valence-electron chi connectivity index (χ2n) is 7.73. The first-order chi connectivity index (χ1) is 13.9. The summed E-state index contributed by atoms with van der Waals surface area (Å²) in [4.78, 5) is 16.0. The van der Waals surface area contributed by atoms with Gasteiger partial charge in [0.05, 0.1) is 4.90 Å². The van der Waals surface area contributed by atoms with Crippen molar-refractivity contribution in [2.75, 3.05) is 69.2 Å². The van der Waals surface area contributed by atoms with E-state index in [1.807, 2.05) is 25.1 Å². The molecule has 0 saturated carbocycles. The zero-order valence-corrected chi connectivity index (χ0v) is 17.8. The molecular weight excluding hydrogens is 388 g/mol. The summed E-state index contributed by atoms with van der Waals surface area (Å²) in [6, 6.07) is 9.07. The molecule has 4 rings (SSSR count). The number of aromatic nitrogens is 2. The van der Waals surface area contributed by atoms with Crippen molar-refractivity contribution in [3.05, 3.63) is 42.2 Å². The summed E-state index contributed by atoms with van der Waals surface area (Å²) in [7, 11) is -1.32. The number of benzene rings is 1. The van der Waals surface area contributed by atoms with Gasteiger partial charge in [0.2, 0.25) is 10.0 Å². The Morgan fingerprint density at radius 3 is 1.86 bits per heavy atom. The Morgan fingerprint density at radius 2 is 1.31 bits per heavy atom. The molecule has 0 bridgehead atoms. The van der Waals surface area contributed by atoms with Crippen molar-refractivity contribution in [2.24, 2.45) is 0 Å². The van der Waals surface area contributed by atoms with E-state index in [4.69, 9.17) is 0 Å². The molecule has 29 heavy (non-hydrogen) atoms. The molecule has 0 atom stereocenters. The zero-order chi connectivity index (χ0) is 20.4. The Bertz CT molecular complexity index is 934. The Balaban J connectivity index is 1.42. The van der Waals surface area contributed by atoms with Crippen molar-refractivity contribution >= 4 is 21.7 Å². The summed E-state index contributed by atoms with van der Waals surface area (Å²) in [5, 5.41) is 0. The predicted molar refractivity (Wildman–Crippen MR) is 114 cm³/mol. The summed E-state index contributed by atoms with van der Waals surface area (Å²) in [5.74, 6) is 1.80. The molecule has 156 valence electrons. The van der Waals surface area contributed by atoms with Gasteiger partial charge in [0.25, 0.3) is 0 Å². The maximum absolute atomic E-state index is 12.9. The maximum atomic E-state index is 12.9. The third kappa shape index (κ3) is 4.36. The van der Waals surface area contributed by atoms with E-state index >= 15 is 0 Å². The first-order valence-electron chi connectivity index (χ1n) is 10.0. The molecule has 1 aromatic heterocycles. The van der Waals surface area contributed by atoms with Gasteiger partial charge < -0.3 is 14.7 Å². The summed E-state index contributed by atoms with van der Waals surface area (Å²) in [6.45, 7) is 8.03. The number of piperazine rings is 2. The molecule has 2 aromatic rings. The highest BCUT2D eigenvalue weighted by Gasteiger charge is 2.29. The van der Waals surface area contributed by atoms with Crippen LogP contribution in [0.25, 0.3) is 0 Å². The third-order valence-corrected chi connectivity index (χ3v) is 7.60. The zero-order valence-electron chi connectivity index (χ0n) is 17.0. The van der Waals surface area contributed by atoms with Gasteiger partial charge >= 0.3 is 0 Å². The van der Waals surface area contributed by atoms with Crippen molar-refractivity contribution in [2.45, 2.75) is 11.8 Å². The lowest BCUT2D eigenvalue weighted by Gasteiger charge is -2.36. The molecule has 8 nitrogen and oxygen atoms in total. The van der Waals surface area contributed by atoms with E-state index < -0.39 is 10.0 Å². The Kier molecular flexibility index (Phi) is 5.71. The van der Waals surface area contributed by atoms with E-state index in [9.17, 15) is 8.42 Å². The van der Waals surface area contributed by atoms with Gasteiger partial charge in [-0.3, -0.25) is 0 Å². The number of anilines is 2. The topological polar surface area (TPSA) is 72.9 Å². The van der Waals surface area contributed by atoms with Crippen molar-refractivity contribution in [1.29, 1.82) is 0 Å². The predicted octanol–water partition coefficient (Wildman–Crippen LogP) is 1.05. The van der Waals surface area contributed by atoms with Crippen LogP contribution in [0.3, 0.4) is 0 Å². The summed E-state index contributed by atoms with van der Waals surface area (Å²) >= 11 is 0. The van der Waals surface area contributed by atoms with Crippen LogP contribution in [-0.4, -0.2) is 87.0 Å². The fraction of sp³-hybridized carbons (Fsp3) is 0.500. The van der Waals surface area contributed by atoms with E-state index in [2.05, 4.69) is 31.7 Å². The largest absolute Gasteiger partial charge is 0.354 e. The van der Waals surface area contributed by atoms with Gasteiger partial charge in [-0.1, -0.05) is 17.7 Å². The third-order valence-electron chi connectivity index (χ3n) is 5.69. The molecule has 1 aromatic carbocycles. The molecule has 2 aliphatic heterocycles. The molecule has 0 radical (unpaired) electrons. The SMILES string of the molecule is Cc1ccc(S(=O)(=O)N2CCN(c3cc(N4CCN(C)CC4)ncn3)CC2)cc1. The Labute approximate surface area is 172 Å². The summed E-state index contributed by atoms with van der Waals surface area (Å²) < 4.78 is 27.4. The minimum absolute atomic E-state index is 0.357. The minimum atomic E-state index is -3.45. The second kappa shape index (κ2) is 8.25. The van der Waals surface area contributed by atoms with E-state index in [0.29, 0.717) is 31.1 Å². The molecular formula is C20H28N6O2S. The van der Waals surface area contributed by atoms with Gasteiger partial charge in [0.1, 0.15) is 18.0 Å². The van der Waals surface area contributed by atoms with E-state index in [1.165, 1.54) is 0 Å². The van der Waals surface area contributed by atoms with Gasteiger partial charge in [-0.2, -0.15) is 4.31 Å².